The van der Waals surface area contributed by atoms with Crippen LogP contribution in [-0.4, -0.2) is 33.4 Å². The van der Waals surface area contributed by atoms with Crippen molar-refractivity contribution in [3.05, 3.63) is 53.3 Å². The van der Waals surface area contributed by atoms with E-state index in [0.29, 0.717) is 17.7 Å². The van der Waals surface area contributed by atoms with E-state index in [1.807, 2.05) is 30.3 Å². The molecule has 0 aliphatic heterocycles. The SMILES string of the molecule is Cc1nn(C)cc1C(=O)NC(CO)Cc1ccccc1. The second-order valence-corrected chi connectivity index (χ2v) is 4.84. The molecule has 1 aromatic heterocycles. The van der Waals surface area contributed by atoms with Gasteiger partial charge in [-0.3, -0.25) is 9.48 Å². The first-order valence-corrected chi connectivity index (χ1v) is 6.56. The van der Waals surface area contributed by atoms with E-state index in [2.05, 4.69) is 10.4 Å². The molecule has 0 saturated carbocycles. The van der Waals surface area contributed by atoms with Crippen molar-refractivity contribution in [2.75, 3.05) is 6.61 Å². The molecule has 0 spiro atoms. The van der Waals surface area contributed by atoms with Gasteiger partial charge in [-0.15, -0.1) is 0 Å². The first-order valence-electron chi connectivity index (χ1n) is 6.56. The fourth-order valence-electron chi connectivity index (χ4n) is 2.15. The monoisotopic (exact) mass is 273 g/mol. The van der Waals surface area contributed by atoms with Crippen LogP contribution in [0.15, 0.2) is 36.5 Å². The first-order chi connectivity index (χ1) is 9.60. The van der Waals surface area contributed by atoms with Gasteiger partial charge in [0.15, 0.2) is 0 Å². The van der Waals surface area contributed by atoms with Crippen molar-refractivity contribution in [1.29, 1.82) is 0 Å². The number of nitrogens with zero attached hydrogens (tertiary/aromatic N) is 2. The van der Waals surface area contributed by atoms with Crippen LogP contribution in [0.2, 0.25) is 0 Å². The molecule has 0 radical (unpaired) electrons. The summed E-state index contributed by atoms with van der Waals surface area (Å²) in [5, 5.41) is 16.4. The van der Waals surface area contributed by atoms with Gasteiger partial charge in [-0.2, -0.15) is 5.10 Å². The predicted molar refractivity (Wildman–Crippen MR) is 76.4 cm³/mol. The summed E-state index contributed by atoms with van der Waals surface area (Å²) in [7, 11) is 1.78. The van der Waals surface area contributed by atoms with Gasteiger partial charge in [-0.1, -0.05) is 30.3 Å². The molecule has 0 fully saturated rings. The van der Waals surface area contributed by atoms with Crippen LogP contribution in [0.3, 0.4) is 0 Å². The molecule has 1 atom stereocenters. The predicted octanol–water partition coefficient (Wildman–Crippen LogP) is 1.06. The molecular weight excluding hydrogens is 254 g/mol. The standard InChI is InChI=1S/C15H19N3O2/c1-11-14(9-18(2)17-11)15(20)16-13(10-19)8-12-6-4-3-5-7-12/h3-7,9,13,19H,8,10H2,1-2H3,(H,16,20). The highest BCUT2D eigenvalue weighted by Gasteiger charge is 2.17. The highest BCUT2D eigenvalue weighted by molar-refractivity contribution is 5.95. The number of aryl methyl sites for hydroxylation is 2. The van der Waals surface area contributed by atoms with Crippen LogP contribution in [0.5, 0.6) is 0 Å². The lowest BCUT2D eigenvalue weighted by molar-refractivity contribution is 0.0916. The number of aromatic nitrogens is 2. The second-order valence-electron chi connectivity index (χ2n) is 4.84. The van der Waals surface area contributed by atoms with E-state index in [-0.39, 0.29) is 18.6 Å². The van der Waals surface area contributed by atoms with Gasteiger partial charge in [-0.05, 0) is 18.9 Å². The number of aliphatic hydroxyl groups excluding tert-OH is 1. The maximum absolute atomic E-state index is 12.2. The highest BCUT2D eigenvalue weighted by Crippen LogP contribution is 2.07. The normalized spacial score (nSPS) is 12.2. The number of hydrogen-bond donors (Lipinski definition) is 2. The Morgan fingerprint density at radius 1 is 1.40 bits per heavy atom. The molecule has 1 heterocycles. The molecule has 0 aliphatic carbocycles. The maximum Gasteiger partial charge on any atom is 0.255 e. The quantitative estimate of drug-likeness (QED) is 0.856. The molecule has 0 bridgehead atoms. The van der Waals surface area contributed by atoms with E-state index in [1.54, 1.807) is 24.9 Å². The van der Waals surface area contributed by atoms with Crippen LogP contribution in [0.25, 0.3) is 0 Å². The zero-order chi connectivity index (χ0) is 14.5. The number of carbonyl (C=O) groups is 1. The third-order valence-electron chi connectivity index (χ3n) is 3.14. The van der Waals surface area contributed by atoms with E-state index in [4.69, 9.17) is 0 Å². The Labute approximate surface area is 118 Å². The van der Waals surface area contributed by atoms with Gasteiger partial charge in [0.1, 0.15) is 0 Å². The average molecular weight is 273 g/mol. The molecule has 0 aliphatic rings. The van der Waals surface area contributed by atoms with Gasteiger partial charge in [0.2, 0.25) is 0 Å². The average Bonchev–Trinajstić information content (AvgIpc) is 2.78. The Bertz CT molecular complexity index is 578. The number of carbonyl (C=O) groups excluding carboxylic acids is 1. The van der Waals surface area contributed by atoms with Gasteiger partial charge < -0.3 is 10.4 Å². The number of hydrogen-bond acceptors (Lipinski definition) is 3. The van der Waals surface area contributed by atoms with Crippen molar-refractivity contribution in [1.82, 2.24) is 15.1 Å². The summed E-state index contributed by atoms with van der Waals surface area (Å²) in [6.07, 6.45) is 2.28. The van der Waals surface area contributed by atoms with E-state index >= 15 is 0 Å². The van der Waals surface area contributed by atoms with Crippen molar-refractivity contribution < 1.29 is 9.90 Å². The molecule has 2 N–H and O–H groups in total. The molecule has 1 aromatic carbocycles. The van der Waals surface area contributed by atoms with E-state index in [9.17, 15) is 9.90 Å². The number of rotatable bonds is 5. The fourth-order valence-corrected chi connectivity index (χ4v) is 2.15. The number of aliphatic hydroxyl groups is 1. The lowest BCUT2D eigenvalue weighted by atomic mass is 10.1. The van der Waals surface area contributed by atoms with Gasteiger partial charge >= 0.3 is 0 Å². The fraction of sp³-hybridized carbons (Fsp3) is 0.333. The minimum atomic E-state index is -0.301. The zero-order valence-electron chi connectivity index (χ0n) is 11.7. The summed E-state index contributed by atoms with van der Waals surface area (Å²) in [6, 6.07) is 9.47. The van der Waals surface area contributed by atoms with Crippen molar-refractivity contribution >= 4 is 5.91 Å². The molecule has 106 valence electrons. The van der Waals surface area contributed by atoms with E-state index in [1.165, 1.54) is 0 Å². The van der Waals surface area contributed by atoms with Gasteiger partial charge in [-0.25, -0.2) is 0 Å². The molecule has 5 heteroatoms. The zero-order valence-corrected chi connectivity index (χ0v) is 11.7. The number of amides is 1. The summed E-state index contributed by atoms with van der Waals surface area (Å²) >= 11 is 0. The van der Waals surface area contributed by atoms with Gasteiger partial charge in [0.25, 0.3) is 5.91 Å². The molecule has 1 unspecified atom stereocenters. The molecule has 2 rings (SSSR count). The van der Waals surface area contributed by atoms with Gasteiger partial charge in [0, 0.05) is 13.2 Å². The molecule has 20 heavy (non-hydrogen) atoms. The molecular formula is C15H19N3O2. The summed E-state index contributed by atoms with van der Waals surface area (Å²) in [4.78, 5) is 12.2. The van der Waals surface area contributed by atoms with Crippen LogP contribution < -0.4 is 5.32 Å². The number of nitrogens with one attached hydrogen (secondary N) is 1. The molecule has 5 nitrogen and oxygen atoms in total. The first kappa shape index (κ1) is 14.3. The van der Waals surface area contributed by atoms with Crippen molar-refractivity contribution in [3.8, 4) is 0 Å². The minimum Gasteiger partial charge on any atom is -0.394 e. The summed E-state index contributed by atoms with van der Waals surface area (Å²) < 4.78 is 1.61. The van der Waals surface area contributed by atoms with Crippen LogP contribution in [0, 0.1) is 6.92 Å². The van der Waals surface area contributed by atoms with E-state index in [0.717, 1.165) is 5.56 Å². The van der Waals surface area contributed by atoms with Crippen LogP contribution in [0.4, 0.5) is 0 Å². The highest BCUT2D eigenvalue weighted by atomic mass is 16.3. The Hall–Kier alpha value is -2.14. The third-order valence-corrected chi connectivity index (χ3v) is 3.14. The number of benzene rings is 1. The maximum atomic E-state index is 12.2. The summed E-state index contributed by atoms with van der Waals surface area (Å²) in [5.41, 5.74) is 2.30. The van der Waals surface area contributed by atoms with Gasteiger partial charge in [0.05, 0.1) is 23.9 Å². The minimum absolute atomic E-state index is 0.0973. The lowest BCUT2D eigenvalue weighted by Crippen LogP contribution is -2.39. The Balaban J connectivity index is 2.03. The van der Waals surface area contributed by atoms with Crippen molar-refractivity contribution in [2.24, 2.45) is 7.05 Å². The largest absolute Gasteiger partial charge is 0.394 e. The Morgan fingerprint density at radius 2 is 2.10 bits per heavy atom. The summed E-state index contributed by atoms with van der Waals surface area (Å²) in [5.74, 6) is -0.203. The smallest absolute Gasteiger partial charge is 0.255 e. The second kappa shape index (κ2) is 6.34. The molecule has 2 aromatic rings. The van der Waals surface area contributed by atoms with Crippen LogP contribution in [-0.2, 0) is 13.5 Å². The Kier molecular flexibility index (Phi) is 4.53. The van der Waals surface area contributed by atoms with Crippen molar-refractivity contribution in [2.45, 2.75) is 19.4 Å². The van der Waals surface area contributed by atoms with Crippen LogP contribution in [0.1, 0.15) is 21.6 Å². The third kappa shape index (κ3) is 3.45. The molecule has 0 saturated heterocycles. The van der Waals surface area contributed by atoms with Crippen LogP contribution >= 0.6 is 0 Å². The summed E-state index contributed by atoms with van der Waals surface area (Å²) in [6.45, 7) is 1.69. The topological polar surface area (TPSA) is 67.2 Å². The van der Waals surface area contributed by atoms with E-state index < -0.39 is 0 Å². The Morgan fingerprint density at radius 3 is 2.65 bits per heavy atom. The molecule has 1 amide bonds. The lowest BCUT2D eigenvalue weighted by Gasteiger charge is -2.16. The van der Waals surface area contributed by atoms with Crippen molar-refractivity contribution in [3.63, 3.8) is 0 Å².